The smallest absolute Gasteiger partial charge is 0.102 e. The van der Waals surface area contributed by atoms with E-state index in [2.05, 4.69) is 23.5 Å². The van der Waals surface area contributed by atoms with Crippen LogP contribution in [-0.2, 0) is 0 Å². The Labute approximate surface area is 131 Å². The third-order valence-corrected chi connectivity index (χ3v) is 6.58. The van der Waals surface area contributed by atoms with Crippen LogP contribution in [0.25, 0.3) is 0 Å². The maximum atomic E-state index is 9.54. The van der Waals surface area contributed by atoms with E-state index in [1.807, 2.05) is 12.3 Å². The molecular formula is C18H22N2S. The Morgan fingerprint density at radius 2 is 1.76 bits per heavy atom. The predicted octanol–water partition coefficient (Wildman–Crippen LogP) is 4.66. The van der Waals surface area contributed by atoms with Gasteiger partial charge in [0, 0.05) is 10.4 Å². The Balaban J connectivity index is 1.66. The van der Waals surface area contributed by atoms with Gasteiger partial charge in [-0.2, -0.15) is 5.26 Å². The summed E-state index contributed by atoms with van der Waals surface area (Å²) in [5.41, 5.74) is 2.17. The van der Waals surface area contributed by atoms with Crippen molar-refractivity contribution < 1.29 is 0 Å². The zero-order chi connectivity index (χ0) is 14.4. The van der Waals surface area contributed by atoms with Gasteiger partial charge in [-0.1, -0.05) is 6.07 Å². The van der Waals surface area contributed by atoms with Crippen molar-refractivity contribution in [2.75, 3.05) is 11.6 Å². The summed E-state index contributed by atoms with van der Waals surface area (Å²) in [5.74, 6) is 2.79. The van der Waals surface area contributed by atoms with Crippen molar-refractivity contribution in [1.29, 1.82) is 5.26 Å². The van der Waals surface area contributed by atoms with Gasteiger partial charge in [0.25, 0.3) is 0 Å². The van der Waals surface area contributed by atoms with Crippen molar-refractivity contribution in [1.82, 2.24) is 0 Å². The van der Waals surface area contributed by atoms with Gasteiger partial charge in [0.05, 0.1) is 11.3 Å². The van der Waals surface area contributed by atoms with Gasteiger partial charge in [0.1, 0.15) is 6.07 Å². The average Bonchev–Trinajstić information content (AvgIpc) is 2.45. The molecule has 1 N–H and O–H groups in total. The Morgan fingerprint density at radius 1 is 1.14 bits per heavy atom. The first-order chi connectivity index (χ1) is 10.2. The van der Waals surface area contributed by atoms with Gasteiger partial charge in [-0.15, -0.1) is 11.8 Å². The van der Waals surface area contributed by atoms with E-state index in [4.69, 9.17) is 0 Å². The highest BCUT2D eigenvalue weighted by Gasteiger charge is 2.51. The largest absolute Gasteiger partial charge is 0.378 e. The molecule has 0 amide bonds. The zero-order valence-corrected chi connectivity index (χ0v) is 13.4. The SMILES string of the molecule is CSc1cccc(NC23CC4CC(CC(C4)C2)C3)c1C#N. The third-order valence-electron chi connectivity index (χ3n) is 5.80. The number of rotatable bonds is 3. The lowest BCUT2D eigenvalue weighted by atomic mass is 9.53. The fraction of sp³-hybridized carbons (Fsp3) is 0.611. The summed E-state index contributed by atoms with van der Waals surface area (Å²) >= 11 is 1.66. The van der Waals surface area contributed by atoms with Crippen LogP contribution >= 0.6 is 11.8 Å². The number of nitrogens with zero attached hydrogens (tertiary/aromatic N) is 1. The summed E-state index contributed by atoms with van der Waals surface area (Å²) in [6.07, 6.45) is 10.4. The lowest BCUT2D eigenvalue weighted by Gasteiger charge is -2.57. The maximum Gasteiger partial charge on any atom is 0.102 e. The van der Waals surface area contributed by atoms with E-state index in [0.29, 0.717) is 0 Å². The number of nitrogens with one attached hydrogen (secondary N) is 1. The number of thioether (sulfide) groups is 1. The van der Waals surface area contributed by atoms with Crippen molar-refractivity contribution >= 4 is 17.4 Å². The monoisotopic (exact) mass is 298 g/mol. The number of hydrogen-bond donors (Lipinski definition) is 1. The van der Waals surface area contributed by atoms with E-state index < -0.39 is 0 Å². The summed E-state index contributed by atoms with van der Waals surface area (Å²) in [6, 6.07) is 8.64. The normalized spacial score (nSPS) is 36.5. The van der Waals surface area contributed by atoms with E-state index in [1.165, 1.54) is 38.5 Å². The van der Waals surface area contributed by atoms with Crippen LogP contribution in [0.5, 0.6) is 0 Å². The predicted molar refractivity (Wildman–Crippen MR) is 87.5 cm³/mol. The van der Waals surface area contributed by atoms with Crippen molar-refractivity contribution in [2.45, 2.75) is 49.0 Å². The van der Waals surface area contributed by atoms with Gasteiger partial charge in [-0.25, -0.2) is 0 Å². The quantitative estimate of drug-likeness (QED) is 0.824. The highest BCUT2D eigenvalue weighted by Crippen LogP contribution is 2.56. The molecule has 21 heavy (non-hydrogen) atoms. The van der Waals surface area contributed by atoms with Crippen LogP contribution in [0.4, 0.5) is 5.69 Å². The highest BCUT2D eigenvalue weighted by atomic mass is 32.2. The van der Waals surface area contributed by atoms with Crippen LogP contribution in [0.3, 0.4) is 0 Å². The minimum absolute atomic E-state index is 0.275. The molecule has 0 spiro atoms. The fourth-order valence-corrected chi connectivity index (χ4v) is 6.04. The second-order valence-electron chi connectivity index (χ2n) is 7.32. The highest BCUT2D eigenvalue weighted by molar-refractivity contribution is 7.98. The van der Waals surface area contributed by atoms with Crippen LogP contribution < -0.4 is 5.32 Å². The van der Waals surface area contributed by atoms with Gasteiger partial charge in [0.2, 0.25) is 0 Å². The molecule has 0 unspecified atom stereocenters. The second-order valence-corrected chi connectivity index (χ2v) is 8.17. The Morgan fingerprint density at radius 3 is 2.29 bits per heavy atom. The molecule has 2 nitrogen and oxygen atoms in total. The topological polar surface area (TPSA) is 35.8 Å². The van der Waals surface area contributed by atoms with E-state index in [9.17, 15) is 5.26 Å². The molecule has 4 saturated carbocycles. The number of benzene rings is 1. The van der Waals surface area contributed by atoms with E-state index in [-0.39, 0.29) is 5.54 Å². The van der Waals surface area contributed by atoms with Crippen LogP contribution in [0.1, 0.15) is 44.1 Å². The lowest BCUT2D eigenvalue weighted by molar-refractivity contribution is 0.0107. The molecule has 4 fully saturated rings. The molecule has 4 bridgehead atoms. The Bertz CT molecular complexity index is 566. The van der Waals surface area contributed by atoms with Crippen LogP contribution in [0, 0.1) is 29.1 Å². The van der Waals surface area contributed by atoms with E-state index >= 15 is 0 Å². The zero-order valence-electron chi connectivity index (χ0n) is 12.6. The molecule has 0 radical (unpaired) electrons. The minimum atomic E-state index is 0.275. The molecule has 4 aliphatic carbocycles. The van der Waals surface area contributed by atoms with Crippen LogP contribution in [0.2, 0.25) is 0 Å². The molecule has 4 aliphatic rings. The van der Waals surface area contributed by atoms with Crippen molar-refractivity contribution in [3.05, 3.63) is 23.8 Å². The summed E-state index contributed by atoms with van der Waals surface area (Å²) < 4.78 is 0. The fourth-order valence-electron chi connectivity index (χ4n) is 5.47. The van der Waals surface area contributed by atoms with Crippen molar-refractivity contribution in [2.24, 2.45) is 17.8 Å². The summed E-state index contributed by atoms with van der Waals surface area (Å²) in [6.45, 7) is 0. The molecule has 3 heteroatoms. The molecule has 0 atom stereocenters. The molecule has 0 heterocycles. The van der Waals surface area contributed by atoms with Crippen LogP contribution in [-0.4, -0.2) is 11.8 Å². The van der Waals surface area contributed by atoms with Gasteiger partial charge < -0.3 is 5.32 Å². The first-order valence-corrected chi connectivity index (χ1v) is 9.29. The second kappa shape index (κ2) is 4.95. The van der Waals surface area contributed by atoms with E-state index in [0.717, 1.165) is 33.9 Å². The van der Waals surface area contributed by atoms with Crippen molar-refractivity contribution in [3.63, 3.8) is 0 Å². The summed E-state index contributed by atoms with van der Waals surface area (Å²) in [5, 5.41) is 13.4. The van der Waals surface area contributed by atoms with Gasteiger partial charge in [-0.05, 0) is 74.7 Å². The molecule has 1 aromatic carbocycles. The molecule has 110 valence electrons. The Hall–Kier alpha value is -1.14. The van der Waals surface area contributed by atoms with E-state index in [1.54, 1.807) is 11.8 Å². The molecule has 5 rings (SSSR count). The summed E-state index contributed by atoms with van der Waals surface area (Å²) in [7, 11) is 0. The van der Waals surface area contributed by atoms with Crippen molar-refractivity contribution in [3.8, 4) is 6.07 Å². The average molecular weight is 298 g/mol. The molecule has 0 aromatic heterocycles. The number of nitriles is 1. The summed E-state index contributed by atoms with van der Waals surface area (Å²) in [4.78, 5) is 1.09. The molecular weight excluding hydrogens is 276 g/mol. The van der Waals surface area contributed by atoms with Gasteiger partial charge in [-0.3, -0.25) is 0 Å². The number of hydrogen-bond acceptors (Lipinski definition) is 3. The molecule has 0 saturated heterocycles. The first-order valence-electron chi connectivity index (χ1n) is 8.06. The third kappa shape index (κ3) is 2.25. The minimum Gasteiger partial charge on any atom is -0.378 e. The van der Waals surface area contributed by atoms with Gasteiger partial charge in [0.15, 0.2) is 0 Å². The van der Waals surface area contributed by atoms with Gasteiger partial charge >= 0.3 is 0 Å². The molecule has 1 aromatic rings. The van der Waals surface area contributed by atoms with Crippen LogP contribution in [0.15, 0.2) is 23.1 Å². The Kier molecular flexibility index (Phi) is 3.19. The maximum absolute atomic E-state index is 9.54. The standard InChI is InChI=1S/C18H22N2S/c1-21-17-4-2-3-16(15(17)11-19)20-18-8-12-5-13(9-18)7-14(6-12)10-18/h2-4,12-14,20H,5-10H2,1H3. The number of anilines is 1. The first kappa shape index (κ1) is 13.5. The molecule has 0 aliphatic heterocycles. The lowest BCUT2D eigenvalue weighted by Crippen LogP contribution is -2.54.